The molecule has 50 heavy (non-hydrogen) atoms. The largest absolute Gasteiger partial charge is 0.309 e. The Balaban J connectivity index is 1.27. The number of hydrogen-bond acceptors (Lipinski definition) is 2. The Morgan fingerprint density at radius 2 is 0.740 bits per heavy atom. The van der Waals surface area contributed by atoms with Crippen LogP contribution < -0.4 is 9.80 Å². The van der Waals surface area contributed by atoms with Gasteiger partial charge in [-0.3, -0.25) is 0 Å². The molecule has 0 aliphatic carbocycles. The number of hydrogen-bond donors (Lipinski definition) is 0. The summed E-state index contributed by atoms with van der Waals surface area (Å²) in [5.74, 6) is 0. The van der Waals surface area contributed by atoms with Gasteiger partial charge in [0, 0.05) is 32.9 Å². The van der Waals surface area contributed by atoms with Crippen molar-refractivity contribution in [2.24, 2.45) is 0 Å². The Bertz CT molecular complexity index is 2670. The average molecular weight is 641 g/mol. The van der Waals surface area contributed by atoms with Crippen LogP contribution in [-0.4, -0.2) is 0 Å². The zero-order valence-corrected chi connectivity index (χ0v) is 28.2. The van der Waals surface area contributed by atoms with Crippen LogP contribution in [0.5, 0.6) is 0 Å². The lowest BCUT2D eigenvalue weighted by atomic mass is 10.0. The maximum atomic E-state index is 2.43. The molecule has 0 spiro atoms. The van der Waals surface area contributed by atoms with Gasteiger partial charge in [-0.05, 0) is 89.5 Å². The second kappa shape index (κ2) is 12.3. The van der Waals surface area contributed by atoms with E-state index in [0.717, 1.165) is 28.4 Å². The van der Waals surface area contributed by atoms with Crippen molar-refractivity contribution in [2.75, 3.05) is 9.80 Å². The van der Waals surface area contributed by atoms with Crippen LogP contribution in [0, 0.1) is 13.8 Å². The summed E-state index contributed by atoms with van der Waals surface area (Å²) in [7, 11) is 0. The molecule has 0 heterocycles. The molecule has 2 nitrogen and oxygen atoms in total. The highest BCUT2D eigenvalue weighted by Crippen LogP contribution is 2.46. The van der Waals surface area contributed by atoms with Gasteiger partial charge in [-0.1, -0.05) is 139 Å². The van der Waals surface area contributed by atoms with Crippen molar-refractivity contribution in [1.82, 2.24) is 0 Å². The first-order chi connectivity index (χ1) is 24.6. The summed E-state index contributed by atoms with van der Waals surface area (Å²) in [5, 5.41) is 9.82. The topological polar surface area (TPSA) is 6.48 Å². The molecule has 0 radical (unpaired) electrons. The van der Waals surface area contributed by atoms with Crippen molar-refractivity contribution in [3.05, 3.63) is 193 Å². The van der Waals surface area contributed by atoms with E-state index >= 15 is 0 Å². The van der Waals surface area contributed by atoms with E-state index in [0.29, 0.717) is 0 Å². The van der Waals surface area contributed by atoms with Gasteiger partial charge in [0.05, 0.1) is 22.7 Å². The van der Waals surface area contributed by atoms with Gasteiger partial charge in [-0.2, -0.15) is 0 Å². The summed E-state index contributed by atoms with van der Waals surface area (Å²) >= 11 is 0. The third kappa shape index (κ3) is 5.05. The standard InChI is InChI=1S/C48H36N2/c1-33-26-31-43-38(32-33)19-11-24-46(43)49(44-22-8-15-35-13-3-5-20-41(35)44)39-27-29-40(30-28-39)50(45-23-9-16-36-14-4-6-21-42(36)45)47-25-10-18-37-17-7-12-34(2)48(37)47/h3-32H,1-2H3. The molecule has 0 atom stereocenters. The normalized spacial score (nSPS) is 11.4. The van der Waals surface area contributed by atoms with Crippen LogP contribution in [0.2, 0.25) is 0 Å². The predicted octanol–water partition coefficient (Wildman–Crippen LogP) is 13.9. The van der Waals surface area contributed by atoms with Crippen molar-refractivity contribution in [3.63, 3.8) is 0 Å². The average Bonchev–Trinajstić information content (AvgIpc) is 3.16. The van der Waals surface area contributed by atoms with E-state index in [9.17, 15) is 0 Å². The Labute approximate surface area is 293 Å². The molecule has 0 aliphatic rings. The fraction of sp³-hybridized carbons (Fsp3) is 0.0417. The maximum Gasteiger partial charge on any atom is 0.0542 e. The van der Waals surface area contributed by atoms with E-state index in [1.165, 1.54) is 59.9 Å². The highest BCUT2D eigenvalue weighted by Gasteiger charge is 2.21. The van der Waals surface area contributed by atoms with E-state index in [-0.39, 0.29) is 0 Å². The molecular formula is C48H36N2. The summed E-state index contributed by atoms with van der Waals surface area (Å²) in [4.78, 5) is 4.86. The lowest BCUT2D eigenvalue weighted by Gasteiger charge is -2.31. The Morgan fingerprint density at radius 1 is 0.320 bits per heavy atom. The molecule has 0 bridgehead atoms. The number of fused-ring (bicyclic) bond motifs is 4. The van der Waals surface area contributed by atoms with Crippen molar-refractivity contribution in [1.29, 1.82) is 0 Å². The first kappa shape index (κ1) is 29.7. The molecule has 0 aliphatic heterocycles. The molecule has 0 saturated heterocycles. The van der Waals surface area contributed by atoms with Crippen molar-refractivity contribution in [2.45, 2.75) is 13.8 Å². The number of benzene rings is 9. The lowest BCUT2D eigenvalue weighted by molar-refractivity contribution is 1.28. The summed E-state index contributed by atoms with van der Waals surface area (Å²) in [6.07, 6.45) is 0. The number of rotatable bonds is 6. The second-order valence-corrected chi connectivity index (χ2v) is 13.1. The van der Waals surface area contributed by atoms with E-state index in [2.05, 4.69) is 206 Å². The summed E-state index contributed by atoms with van der Waals surface area (Å²) in [6, 6.07) is 66.3. The molecular weight excluding hydrogens is 605 g/mol. The van der Waals surface area contributed by atoms with E-state index in [1.807, 2.05) is 0 Å². The number of anilines is 6. The first-order valence-corrected chi connectivity index (χ1v) is 17.3. The zero-order valence-electron chi connectivity index (χ0n) is 28.2. The maximum absolute atomic E-state index is 2.43. The molecule has 0 fully saturated rings. The fourth-order valence-corrected chi connectivity index (χ4v) is 7.65. The van der Waals surface area contributed by atoms with Crippen LogP contribution in [0.3, 0.4) is 0 Å². The molecule has 0 amide bonds. The van der Waals surface area contributed by atoms with E-state index < -0.39 is 0 Å². The molecule has 9 aromatic rings. The Kier molecular flexibility index (Phi) is 7.29. The Hall–Kier alpha value is -6.38. The minimum atomic E-state index is 1.10. The van der Waals surface area contributed by atoms with Crippen molar-refractivity contribution >= 4 is 77.2 Å². The van der Waals surface area contributed by atoms with Gasteiger partial charge in [0.1, 0.15) is 0 Å². The van der Waals surface area contributed by atoms with Crippen LogP contribution in [0.4, 0.5) is 34.1 Å². The number of nitrogens with zero attached hydrogens (tertiary/aromatic N) is 2. The molecule has 2 heteroatoms. The van der Waals surface area contributed by atoms with Crippen LogP contribution in [0.25, 0.3) is 43.1 Å². The van der Waals surface area contributed by atoms with Gasteiger partial charge in [0.25, 0.3) is 0 Å². The summed E-state index contributed by atoms with van der Waals surface area (Å²) < 4.78 is 0. The molecule has 0 unspecified atom stereocenters. The monoisotopic (exact) mass is 640 g/mol. The van der Waals surface area contributed by atoms with Crippen molar-refractivity contribution < 1.29 is 0 Å². The minimum Gasteiger partial charge on any atom is -0.309 e. The summed E-state index contributed by atoms with van der Waals surface area (Å²) in [6.45, 7) is 4.37. The first-order valence-electron chi connectivity index (χ1n) is 17.3. The molecule has 0 N–H and O–H groups in total. The van der Waals surface area contributed by atoms with Crippen LogP contribution in [-0.2, 0) is 0 Å². The summed E-state index contributed by atoms with van der Waals surface area (Å²) in [5.41, 5.74) is 9.35. The van der Waals surface area contributed by atoms with Gasteiger partial charge in [-0.15, -0.1) is 0 Å². The molecule has 0 aromatic heterocycles. The third-order valence-electron chi connectivity index (χ3n) is 9.97. The van der Waals surface area contributed by atoms with Crippen LogP contribution in [0.15, 0.2) is 182 Å². The molecule has 9 aromatic carbocycles. The number of aryl methyl sites for hydroxylation is 2. The zero-order chi connectivity index (χ0) is 33.6. The highest BCUT2D eigenvalue weighted by atomic mass is 15.2. The third-order valence-corrected chi connectivity index (χ3v) is 9.97. The highest BCUT2D eigenvalue weighted by molar-refractivity contribution is 6.07. The van der Waals surface area contributed by atoms with Gasteiger partial charge in [-0.25, -0.2) is 0 Å². The fourth-order valence-electron chi connectivity index (χ4n) is 7.65. The quantitative estimate of drug-likeness (QED) is 0.178. The second-order valence-electron chi connectivity index (χ2n) is 13.1. The van der Waals surface area contributed by atoms with Gasteiger partial charge in [0.2, 0.25) is 0 Å². The Morgan fingerprint density at radius 3 is 1.32 bits per heavy atom. The smallest absolute Gasteiger partial charge is 0.0542 e. The van der Waals surface area contributed by atoms with Crippen LogP contribution >= 0.6 is 0 Å². The van der Waals surface area contributed by atoms with Crippen molar-refractivity contribution in [3.8, 4) is 0 Å². The predicted molar refractivity (Wildman–Crippen MR) is 215 cm³/mol. The van der Waals surface area contributed by atoms with Gasteiger partial charge < -0.3 is 9.80 Å². The van der Waals surface area contributed by atoms with Gasteiger partial charge >= 0.3 is 0 Å². The molecule has 9 rings (SSSR count). The van der Waals surface area contributed by atoms with Crippen LogP contribution in [0.1, 0.15) is 11.1 Å². The lowest BCUT2D eigenvalue weighted by Crippen LogP contribution is -2.13. The SMILES string of the molecule is Cc1ccc2c(N(c3ccc(N(c4cccc5ccccc45)c4cccc5cccc(C)c45)cc3)c3cccc4ccccc34)cccc2c1. The molecule has 0 saturated carbocycles. The van der Waals surface area contributed by atoms with E-state index in [4.69, 9.17) is 0 Å². The minimum absolute atomic E-state index is 1.10. The molecule has 238 valence electrons. The van der Waals surface area contributed by atoms with Gasteiger partial charge in [0.15, 0.2) is 0 Å². The van der Waals surface area contributed by atoms with E-state index in [1.54, 1.807) is 0 Å².